The van der Waals surface area contributed by atoms with Gasteiger partial charge in [-0.25, -0.2) is 4.39 Å². The largest absolute Gasteiger partial charge is 0.458 e. The second-order valence-electron chi connectivity index (χ2n) is 6.21. The summed E-state index contributed by atoms with van der Waals surface area (Å²) in [5, 5.41) is 3.81. The first-order valence-corrected chi connectivity index (χ1v) is 8.36. The average Bonchev–Trinajstić information content (AvgIpc) is 3.05. The van der Waals surface area contributed by atoms with Crippen molar-refractivity contribution in [3.05, 3.63) is 47.6 Å². The molecule has 1 unspecified atom stereocenters. The van der Waals surface area contributed by atoms with E-state index in [-0.39, 0.29) is 24.4 Å². The molecule has 3 rings (SSSR count). The van der Waals surface area contributed by atoms with Crippen molar-refractivity contribution in [3.63, 3.8) is 0 Å². The van der Waals surface area contributed by atoms with Gasteiger partial charge in [0.15, 0.2) is 0 Å². The molecule has 0 bridgehead atoms. The van der Waals surface area contributed by atoms with Crippen LogP contribution in [0.3, 0.4) is 0 Å². The highest BCUT2D eigenvalue weighted by Crippen LogP contribution is 2.18. The van der Waals surface area contributed by atoms with Crippen molar-refractivity contribution < 1.29 is 18.4 Å². The minimum atomic E-state index is -0.316. The van der Waals surface area contributed by atoms with Gasteiger partial charge in [-0.1, -0.05) is 5.16 Å². The SMILES string of the molecule is Cc1cc(COC(=O)C(C)N2CCN(c3ccc(F)cc3)CC2)no1. The summed E-state index contributed by atoms with van der Waals surface area (Å²) in [6.07, 6.45) is 0. The van der Waals surface area contributed by atoms with Crippen molar-refractivity contribution >= 4 is 11.7 Å². The van der Waals surface area contributed by atoms with Crippen LogP contribution in [0.2, 0.25) is 0 Å². The van der Waals surface area contributed by atoms with Gasteiger partial charge in [-0.3, -0.25) is 9.69 Å². The van der Waals surface area contributed by atoms with Crippen molar-refractivity contribution in [2.45, 2.75) is 26.5 Å². The van der Waals surface area contributed by atoms with Crippen molar-refractivity contribution in [2.75, 3.05) is 31.1 Å². The predicted molar refractivity (Wildman–Crippen MR) is 90.7 cm³/mol. The molecule has 134 valence electrons. The van der Waals surface area contributed by atoms with Gasteiger partial charge in [-0.15, -0.1) is 0 Å². The number of hydrogen-bond acceptors (Lipinski definition) is 6. The Kier molecular flexibility index (Phi) is 5.33. The topological polar surface area (TPSA) is 58.8 Å². The molecular weight excluding hydrogens is 325 g/mol. The van der Waals surface area contributed by atoms with Gasteiger partial charge in [0, 0.05) is 37.9 Å². The summed E-state index contributed by atoms with van der Waals surface area (Å²) in [7, 11) is 0. The molecule has 0 spiro atoms. The molecule has 0 aliphatic carbocycles. The third-order valence-corrected chi connectivity index (χ3v) is 4.43. The highest BCUT2D eigenvalue weighted by Gasteiger charge is 2.27. The highest BCUT2D eigenvalue weighted by molar-refractivity contribution is 5.75. The summed E-state index contributed by atoms with van der Waals surface area (Å²) in [5.74, 6) is 0.188. The van der Waals surface area contributed by atoms with Gasteiger partial charge in [0.05, 0.1) is 0 Å². The number of piperazine rings is 1. The lowest BCUT2D eigenvalue weighted by atomic mass is 10.2. The Balaban J connectivity index is 1.48. The van der Waals surface area contributed by atoms with Crippen LogP contribution in [0.15, 0.2) is 34.9 Å². The van der Waals surface area contributed by atoms with Crippen LogP contribution in [0.25, 0.3) is 0 Å². The fourth-order valence-electron chi connectivity index (χ4n) is 2.92. The lowest BCUT2D eigenvalue weighted by Gasteiger charge is -2.38. The van der Waals surface area contributed by atoms with Gasteiger partial charge in [0.25, 0.3) is 0 Å². The van der Waals surface area contributed by atoms with E-state index in [2.05, 4.69) is 15.0 Å². The number of esters is 1. The molecule has 1 saturated heterocycles. The number of aryl methyl sites for hydroxylation is 1. The molecule has 2 aromatic rings. The van der Waals surface area contributed by atoms with Crippen LogP contribution in [0, 0.1) is 12.7 Å². The first-order chi connectivity index (χ1) is 12.0. The molecular formula is C18H22FN3O3. The van der Waals surface area contributed by atoms with E-state index < -0.39 is 0 Å². The van der Waals surface area contributed by atoms with Crippen LogP contribution in [0.4, 0.5) is 10.1 Å². The summed E-state index contributed by atoms with van der Waals surface area (Å²) in [5.41, 5.74) is 1.61. The molecule has 1 aliphatic heterocycles. The zero-order chi connectivity index (χ0) is 17.8. The molecule has 1 aliphatic rings. The lowest BCUT2D eigenvalue weighted by Crippen LogP contribution is -2.52. The number of halogens is 1. The molecule has 2 heterocycles. The molecule has 0 radical (unpaired) electrons. The molecule has 6 nitrogen and oxygen atoms in total. The Morgan fingerprint density at radius 2 is 1.96 bits per heavy atom. The fraction of sp³-hybridized carbons (Fsp3) is 0.444. The fourth-order valence-corrected chi connectivity index (χ4v) is 2.92. The van der Waals surface area contributed by atoms with Crippen LogP contribution in [-0.2, 0) is 16.1 Å². The number of aromatic nitrogens is 1. The summed E-state index contributed by atoms with van der Waals surface area (Å²) >= 11 is 0. The van der Waals surface area contributed by atoms with E-state index in [9.17, 15) is 9.18 Å². The van der Waals surface area contributed by atoms with E-state index in [1.807, 2.05) is 6.92 Å². The quantitative estimate of drug-likeness (QED) is 0.774. The summed E-state index contributed by atoms with van der Waals surface area (Å²) < 4.78 is 23.3. The molecule has 0 saturated carbocycles. The summed E-state index contributed by atoms with van der Waals surface area (Å²) in [6.45, 7) is 6.83. The molecule has 1 atom stereocenters. The van der Waals surface area contributed by atoms with Gasteiger partial charge >= 0.3 is 5.97 Å². The van der Waals surface area contributed by atoms with E-state index in [1.165, 1.54) is 12.1 Å². The van der Waals surface area contributed by atoms with Crippen LogP contribution < -0.4 is 4.90 Å². The highest BCUT2D eigenvalue weighted by atomic mass is 19.1. The Hall–Kier alpha value is -2.41. The first-order valence-electron chi connectivity index (χ1n) is 8.36. The van der Waals surface area contributed by atoms with E-state index in [1.54, 1.807) is 25.1 Å². The maximum absolute atomic E-state index is 13.0. The zero-order valence-corrected chi connectivity index (χ0v) is 14.4. The standard InChI is InChI=1S/C18H22FN3O3/c1-13-11-16(20-25-13)12-24-18(23)14(2)21-7-9-22(10-8-21)17-5-3-15(19)4-6-17/h3-6,11,14H,7-10,12H2,1-2H3. The van der Waals surface area contributed by atoms with Gasteiger partial charge in [-0.05, 0) is 38.1 Å². The Labute approximate surface area is 146 Å². The molecule has 1 aromatic heterocycles. The molecule has 1 fully saturated rings. The molecule has 1 aromatic carbocycles. The second-order valence-corrected chi connectivity index (χ2v) is 6.21. The average molecular weight is 347 g/mol. The smallest absolute Gasteiger partial charge is 0.323 e. The summed E-state index contributed by atoms with van der Waals surface area (Å²) in [4.78, 5) is 16.5. The maximum atomic E-state index is 13.0. The molecule has 0 amide bonds. The van der Waals surface area contributed by atoms with Crippen LogP contribution in [0.5, 0.6) is 0 Å². The Morgan fingerprint density at radius 3 is 2.56 bits per heavy atom. The number of nitrogens with zero attached hydrogens (tertiary/aromatic N) is 3. The van der Waals surface area contributed by atoms with Crippen LogP contribution in [-0.4, -0.2) is 48.2 Å². The van der Waals surface area contributed by atoms with Gasteiger partial charge in [-0.2, -0.15) is 0 Å². The number of ether oxygens (including phenoxy) is 1. The third kappa shape index (κ3) is 4.36. The van der Waals surface area contributed by atoms with Crippen molar-refractivity contribution in [1.29, 1.82) is 0 Å². The number of rotatable bonds is 5. The van der Waals surface area contributed by atoms with Crippen LogP contribution in [0.1, 0.15) is 18.4 Å². The second kappa shape index (κ2) is 7.65. The van der Waals surface area contributed by atoms with Crippen molar-refractivity contribution in [3.8, 4) is 0 Å². The molecule has 25 heavy (non-hydrogen) atoms. The van der Waals surface area contributed by atoms with Gasteiger partial charge < -0.3 is 14.2 Å². The number of hydrogen-bond donors (Lipinski definition) is 0. The van der Waals surface area contributed by atoms with Crippen molar-refractivity contribution in [1.82, 2.24) is 10.1 Å². The van der Waals surface area contributed by atoms with E-state index in [0.29, 0.717) is 11.5 Å². The number of benzene rings is 1. The minimum Gasteiger partial charge on any atom is -0.458 e. The third-order valence-electron chi connectivity index (χ3n) is 4.43. The van der Waals surface area contributed by atoms with Crippen LogP contribution >= 0.6 is 0 Å². The molecule has 7 heteroatoms. The first kappa shape index (κ1) is 17.4. The van der Waals surface area contributed by atoms with Crippen molar-refractivity contribution in [2.24, 2.45) is 0 Å². The van der Waals surface area contributed by atoms with Gasteiger partial charge in [0.1, 0.15) is 29.9 Å². The van der Waals surface area contributed by atoms with E-state index in [4.69, 9.17) is 9.26 Å². The Morgan fingerprint density at radius 1 is 1.28 bits per heavy atom. The van der Waals surface area contributed by atoms with E-state index in [0.717, 1.165) is 31.9 Å². The normalized spacial score (nSPS) is 16.7. The Bertz CT molecular complexity index is 709. The van der Waals surface area contributed by atoms with Gasteiger partial charge in [0.2, 0.25) is 0 Å². The minimum absolute atomic E-state index is 0.121. The number of carbonyl (C=O) groups excluding carboxylic acids is 1. The predicted octanol–water partition coefficient (Wildman–Crippen LogP) is 2.38. The number of anilines is 1. The van der Waals surface area contributed by atoms with E-state index >= 15 is 0 Å². The monoisotopic (exact) mass is 347 g/mol. The lowest BCUT2D eigenvalue weighted by molar-refractivity contribution is -0.151. The summed E-state index contributed by atoms with van der Waals surface area (Å²) in [6, 6.07) is 7.92. The molecule has 0 N–H and O–H groups in total. The zero-order valence-electron chi connectivity index (χ0n) is 14.4. The maximum Gasteiger partial charge on any atom is 0.323 e. The number of carbonyl (C=O) groups is 1.